The largest absolute Gasteiger partial charge is 0.491 e. The predicted octanol–water partition coefficient (Wildman–Crippen LogP) is 3.00. The number of nitrogens with zero attached hydrogens (tertiary/aromatic N) is 2. The Labute approximate surface area is 129 Å². The fourth-order valence-electron chi connectivity index (χ4n) is 1.57. The van der Waals surface area contributed by atoms with Crippen molar-refractivity contribution in [3.05, 3.63) is 23.5 Å². The maximum Gasteiger partial charge on any atom is 0.127 e. The Kier molecular flexibility index (Phi) is 5.76. The molecule has 0 bridgehead atoms. The van der Waals surface area contributed by atoms with Crippen molar-refractivity contribution in [1.29, 1.82) is 0 Å². The molecule has 0 aliphatic carbocycles. The molecule has 0 aliphatic heterocycles. The van der Waals surface area contributed by atoms with Gasteiger partial charge in [-0.1, -0.05) is 0 Å². The van der Waals surface area contributed by atoms with Gasteiger partial charge >= 0.3 is 0 Å². The van der Waals surface area contributed by atoms with Crippen molar-refractivity contribution in [1.82, 2.24) is 15.2 Å². The van der Waals surface area contributed by atoms with E-state index in [0.717, 1.165) is 23.6 Å². The van der Waals surface area contributed by atoms with E-state index in [2.05, 4.69) is 63.9 Å². The van der Waals surface area contributed by atoms with Crippen molar-refractivity contribution >= 4 is 0 Å². The highest BCUT2D eigenvalue weighted by Gasteiger charge is 2.22. The summed E-state index contributed by atoms with van der Waals surface area (Å²) in [5.41, 5.74) is 2.15. The first-order valence-corrected chi connectivity index (χ1v) is 7.52. The monoisotopic (exact) mass is 293 g/mol. The van der Waals surface area contributed by atoms with E-state index in [0.29, 0.717) is 6.61 Å². The van der Waals surface area contributed by atoms with Crippen LogP contribution in [0.3, 0.4) is 0 Å². The number of pyridine rings is 1. The maximum atomic E-state index is 6.09. The predicted molar refractivity (Wildman–Crippen MR) is 88.8 cm³/mol. The van der Waals surface area contributed by atoms with E-state index in [1.54, 1.807) is 0 Å². The Morgan fingerprint density at radius 3 is 2.33 bits per heavy atom. The Hall–Kier alpha value is -1.13. The Morgan fingerprint density at radius 2 is 1.81 bits per heavy atom. The Bertz CT molecular complexity index is 462. The van der Waals surface area contributed by atoms with Crippen molar-refractivity contribution in [3.63, 3.8) is 0 Å². The molecule has 0 spiro atoms. The molecule has 1 aromatic rings. The number of hydrogen-bond acceptors (Lipinski definition) is 4. The van der Waals surface area contributed by atoms with Crippen LogP contribution in [-0.4, -0.2) is 41.7 Å². The van der Waals surface area contributed by atoms with Gasteiger partial charge in [0.15, 0.2) is 0 Å². The van der Waals surface area contributed by atoms with Crippen LogP contribution >= 0.6 is 0 Å². The zero-order chi connectivity index (χ0) is 16.3. The molecule has 0 amide bonds. The number of ether oxygens (including phenoxy) is 1. The molecule has 120 valence electrons. The van der Waals surface area contributed by atoms with E-state index in [1.807, 2.05) is 19.2 Å². The quantitative estimate of drug-likeness (QED) is 0.875. The van der Waals surface area contributed by atoms with Gasteiger partial charge in [-0.2, -0.15) is 0 Å². The van der Waals surface area contributed by atoms with Crippen LogP contribution in [0.4, 0.5) is 0 Å². The molecule has 21 heavy (non-hydrogen) atoms. The summed E-state index contributed by atoms with van der Waals surface area (Å²) in [5, 5.41) is 3.49. The number of likely N-dealkylation sites (N-methyl/N-ethyl adjacent to an activating group) is 1. The molecule has 1 heterocycles. The van der Waals surface area contributed by atoms with Gasteiger partial charge in [-0.15, -0.1) is 0 Å². The van der Waals surface area contributed by atoms with Gasteiger partial charge in [0.25, 0.3) is 0 Å². The van der Waals surface area contributed by atoms with Gasteiger partial charge in [-0.05, 0) is 55.6 Å². The van der Waals surface area contributed by atoms with Crippen molar-refractivity contribution in [3.8, 4) is 5.75 Å². The second kappa shape index (κ2) is 6.75. The lowest BCUT2D eigenvalue weighted by atomic mass is 10.1. The smallest absolute Gasteiger partial charge is 0.127 e. The van der Waals surface area contributed by atoms with Crippen LogP contribution in [-0.2, 0) is 6.54 Å². The molecule has 0 saturated carbocycles. The number of aryl methyl sites for hydroxylation is 1. The minimum Gasteiger partial charge on any atom is -0.491 e. The first-order chi connectivity index (χ1) is 9.51. The lowest BCUT2D eigenvalue weighted by Gasteiger charge is -2.32. The molecule has 1 rings (SSSR count). The molecule has 1 aromatic heterocycles. The lowest BCUT2D eigenvalue weighted by molar-refractivity contribution is 0.113. The Morgan fingerprint density at radius 1 is 1.19 bits per heavy atom. The van der Waals surface area contributed by atoms with Gasteiger partial charge in [0.2, 0.25) is 0 Å². The third kappa shape index (κ3) is 6.02. The Balaban J connectivity index is 2.82. The van der Waals surface area contributed by atoms with Crippen molar-refractivity contribution in [2.45, 2.75) is 59.2 Å². The van der Waals surface area contributed by atoms with Crippen molar-refractivity contribution in [2.75, 3.05) is 20.7 Å². The molecule has 0 aromatic carbocycles. The van der Waals surface area contributed by atoms with E-state index >= 15 is 0 Å². The van der Waals surface area contributed by atoms with E-state index in [1.165, 1.54) is 0 Å². The third-order valence-electron chi connectivity index (χ3n) is 3.68. The molecule has 0 atom stereocenters. The summed E-state index contributed by atoms with van der Waals surface area (Å²) < 4.78 is 6.09. The van der Waals surface area contributed by atoms with E-state index in [-0.39, 0.29) is 11.1 Å². The van der Waals surface area contributed by atoms with Gasteiger partial charge in [0.1, 0.15) is 12.4 Å². The zero-order valence-electron chi connectivity index (χ0n) is 14.9. The lowest BCUT2D eigenvalue weighted by Crippen LogP contribution is -2.43. The van der Waals surface area contributed by atoms with Crippen molar-refractivity contribution < 1.29 is 4.74 Å². The van der Waals surface area contributed by atoms with Crippen LogP contribution in [0.2, 0.25) is 0 Å². The van der Waals surface area contributed by atoms with Gasteiger partial charge in [-0.3, -0.25) is 4.98 Å². The normalized spacial score (nSPS) is 12.8. The molecule has 4 nitrogen and oxygen atoms in total. The first kappa shape index (κ1) is 17.9. The number of rotatable bonds is 6. The van der Waals surface area contributed by atoms with Crippen LogP contribution in [0, 0.1) is 6.92 Å². The summed E-state index contributed by atoms with van der Waals surface area (Å²) in [6.45, 7) is 14.2. The third-order valence-corrected chi connectivity index (χ3v) is 3.68. The minimum atomic E-state index is -0.00804. The minimum absolute atomic E-state index is 0.00804. The number of hydrogen-bond donors (Lipinski definition) is 1. The fraction of sp³-hybridized carbons (Fsp3) is 0.706. The molecule has 0 radical (unpaired) electrons. The average molecular weight is 293 g/mol. The maximum absolute atomic E-state index is 6.09. The topological polar surface area (TPSA) is 37.4 Å². The standard InChI is InChI=1S/C17H31N3O/c1-13-9-15(21-12-17(5,6)20(7)8)14(10-18-13)11-19-16(2,3)4/h9-10,19H,11-12H2,1-8H3. The van der Waals surface area contributed by atoms with Crippen LogP contribution in [0.5, 0.6) is 5.75 Å². The second-order valence-corrected chi connectivity index (χ2v) is 7.53. The molecule has 0 fully saturated rings. The van der Waals surface area contributed by atoms with Gasteiger partial charge in [0.05, 0.1) is 0 Å². The summed E-state index contributed by atoms with van der Waals surface area (Å²) >= 11 is 0. The van der Waals surface area contributed by atoms with Crippen molar-refractivity contribution in [2.24, 2.45) is 0 Å². The average Bonchev–Trinajstić information content (AvgIpc) is 2.34. The summed E-state index contributed by atoms with van der Waals surface area (Å²) in [5.74, 6) is 0.925. The molecular weight excluding hydrogens is 262 g/mol. The fourth-order valence-corrected chi connectivity index (χ4v) is 1.57. The SMILES string of the molecule is Cc1cc(OCC(C)(C)N(C)C)c(CNC(C)(C)C)cn1. The molecule has 0 unspecified atom stereocenters. The number of nitrogens with one attached hydrogen (secondary N) is 1. The summed E-state index contributed by atoms with van der Waals surface area (Å²) in [6.07, 6.45) is 1.91. The highest BCUT2D eigenvalue weighted by molar-refractivity contribution is 5.33. The molecule has 0 saturated heterocycles. The molecule has 0 aliphatic rings. The summed E-state index contributed by atoms with van der Waals surface area (Å²) in [7, 11) is 4.15. The van der Waals surface area contributed by atoms with E-state index in [9.17, 15) is 0 Å². The van der Waals surface area contributed by atoms with Gasteiger partial charge in [-0.25, -0.2) is 0 Å². The van der Waals surface area contributed by atoms with Crippen LogP contribution in [0.25, 0.3) is 0 Å². The molecule has 1 N–H and O–H groups in total. The van der Waals surface area contributed by atoms with Crippen LogP contribution in [0.1, 0.15) is 45.9 Å². The molecular formula is C17H31N3O. The van der Waals surface area contributed by atoms with Crippen LogP contribution < -0.4 is 10.1 Å². The highest BCUT2D eigenvalue weighted by atomic mass is 16.5. The zero-order valence-corrected chi connectivity index (χ0v) is 14.9. The van der Waals surface area contributed by atoms with E-state index in [4.69, 9.17) is 4.74 Å². The summed E-state index contributed by atoms with van der Waals surface area (Å²) in [4.78, 5) is 6.56. The summed E-state index contributed by atoms with van der Waals surface area (Å²) in [6, 6.07) is 2.02. The second-order valence-electron chi connectivity index (χ2n) is 7.53. The van der Waals surface area contributed by atoms with Gasteiger partial charge < -0.3 is 15.0 Å². The van der Waals surface area contributed by atoms with Crippen LogP contribution in [0.15, 0.2) is 12.3 Å². The van der Waals surface area contributed by atoms with Gasteiger partial charge in [0, 0.05) is 41.1 Å². The highest BCUT2D eigenvalue weighted by Crippen LogP contribution is 2.22. The molecule has 4 heteroatoms. The van der Waals surface area contributed by atoms with E-state index < -0.39 is 0 Å². The number of aromatic nitrogens is 1. The first-order valence-electron chi connectivity index (χ1n) is 7.52.